The highest BCUT2D eigenvalue weighted by molar-refractivity contribution is 5.86. The predicted molar refractivity (Wildman–Crippen MR) is 160 cm³/mol. The molecule has 4 atom stereocenters. The fraction of sp³-hybridized carbons (Fsp3) is 0.375. The molecule has 42 heavy (non-hydrogen) atoms. The summed E-state index contributed by atoms with van der Waals surface area (Å²) >= 11 is 0. The van der Waals surface area contributed by atoms with Gasteiger partial charge >= 0.3 is 12.2 Å². The van der Waals surface area contributed by atoms with Gasteiger partial charge in [0.25, 0.3) is 0 Å². The molecule has 3 amide bonds. The molecule has 0 saturated heterocycles. The largest absolute Gasteiger partial charge is 0.465 e. The van der Waals surface area contributed by atoms with Gasteiger partial charge in [-0.15, -0.1) is 0 Å². The molecule has 1 heterocycles. The number of carbonyl (C=O) groups is 3. The lowest BCUT2D eigenvalue weighted by Crippen LogP contribution is -2.56. The van der Waals surface area contributed by atoms with Crippen LogP contribution in [0.15, 0.2) is 79.0 Å². The van der Waals surface area contributed by atoms with E-state index in [4.69, 9.17) is 4.74 Å². The van der Waals surface area contributed by atoms with Crippen molar-refractivity contribution in [1.29, 1.82) is 0 Å². The van der Waals surface area contributed by atoms with E-state index in [1.165, 1.54) is 7.11 Å². The third kappa shape index (κ3) is 9.88. The second-order valence-corrected chi connectivity index (χ2v) is 11.3. The summed E-state index contributed by atoms with van der Waals surface area (Å²) in [4.78, 5) is 41.5. The van der Waals surface area contributed by atoms with Gasteiger partial charge in [-0.05, 0) is 47.9 Å². The van der Waals surface area contributed by atoms with Crippen LogP contribution >= 0.6 is 0 Å². The second kappa shape index (κ2) is 15.0. The predicted octanol–water partition coefficient (Wildman–Crippen LogP) is 4.18. The van der Waals surface area contributed by atoms with Gasteiger partial charge in [-0.1, -0.05) is 81.4 Å². The minimum Gasteiger partial charge on any atom is -0.465 e. The lowest BCUT2D eigenvalue weighted by atomic mass is 9.85. The van der Waals surface area contributed by atoms with Crippen LogP contribution < -0.4 is 16.0 Å². The molecule has 10 heteroatoms. The molecule has 0 fully saturated rings. The SMILES string of the molecule is COC(=O)N[C@H](C(=O)NC(Cc1ccc(-c2ccccn2)cc1)C[C@H](O)[C@H](Cc1ccccc1)NC(=O)O)C(C)(C)C. The van der Waals surface area contributed by atoms with Gasteiger partial charge in [-0.3, -0.25) is 9.78 Å². The summed E-state index contributed by atoms with van der Waals surface area (Å²) in [5.74, 6) is -0.444. The number of carbonyl (C=O) groups excluding carboxylic acids is 2. The molecule has 10 nitrogen and oxygen atoms in total. The minimum atomic E-state index is -1.25. The molecule has 0 aliphatic rings. The zero-order valence-corrected chi connectivity index (χ0v) is 24.4. The third-order valence-electron chi connectivity index (χ3n) is 6.92. The van der Waals surface area contributed by atoms with E-state index in [2.05, 4.69) is 20.9 Å². The molecule has 2 aromatic carbocycles. The molecule has 0 saturated carbocycles. The molecule has 0 bridgehead atoms. The molecule has 224 valence electrons. The Hall–Kier alpha value is -4.44. The Morgan fingerprint density at radius 2 is 1.50 bits per heavy atom. The van der Waals surface area contributed by atoms with Gasteiger partial charge in [0.15, 0.2) is 0 Å². The van der Waals surface area contributed by atoms with Crippen molar-refractivity contribution in [2.24, 2.45) is 5.41 Å². The summed E-state index contributed by atoms with van der Waals surface area (Å²) in [6.45, 7) is 5.46. The summed E-state index contributed by atoms with van der Waals surface area (Å²) in [5.41, 5.74) is 2.87. The van der Waals surface area contributed by atoms with Gasteiger partial charge in [0.1, 0.15) is 6.04 Å². The first kappa shape index (κ1) is 32.1. The normalized spacial score (nSPS) is 14.1. The average molecular weight is 577 g/mol. The molecule has 3 rings (SSSR count). The van der Waals surface area contributed by atoms with Gasteiger partial charge in [-0.25, -0.2) is 9.59 Å². The van der Waals surface area contributed by atoms with Gasteiger partial charge in [0.2, 0.25) is 5.91 Å². The van der Waals surface area contributed by atoms with Crippen LogP contribution in [0.3, 0.4) is 0 Å². The zero-order chi connectivity index (χ0) is 30.7. The molecule has 5 N–H and O–H groups in total. The molecule has 0 aliphatic heterocycles. The molecular formula is C32H40N4O6. The fourth-order valence-corrected chi connectivity index (χ4v) is 4.73. The number of aliphatic hydroxyl groups excluding tert-OH is 1. The Labute approximate surface area is 246 Å². The van der Waals surface area contributed by atoms with Crippen molar-refractivity contribution in [3.63, 3.8) is 0 Å². The minimum absolute atomic E-state index is 0.0562. The first-order chi connectivity index (χ1) is 20.0. The molecule has 3 aromatic rings. The number of aliphatic hydroxyl groups is 1. The number of alkyl carbamates (subject to hydrolysis) is 1. The number of nitrogens with zero attached hydrogens (tertiary/aromatic N) is 1. The Balaban J connectivity index is 1.85. The number of aromatic nitrogens is 1. The van der Waals surface area contributed by atoms with Crippen molar-refractivity contribution in [2.45, 2.75) is 64.3 Å². The van der Waals surface area contributed by atoms with Crippen molar-refractivity contribution in [2.75, 3.05) is 7.11 Å². The maximum absolute atomic E-state index is 13.5. The van der Waals surface area contributed by atoms with Crippen molar-refractivity contribution in [1.82, 2.24) is 20.9 Å². The van der Waals surface area contributed by atoms with Crippen LogP contribution in [0, 0.1) is 5.41 Å². The smallest absolute Gasteiger partial charge is 0.407 e. The van der Waals surface area contributed by atoms with E-state index in [0.29, 0.717) is 6.42 Å². The summed E-state index contributed by atoms with van der Waals surface area (Å²) in [6.07, 6.45) is -0.715. The molecule has 1 aromatic heterocycles. The maximum Gasteiger partial charge on any atom is 0.407 e. The number of rotatable bonds is 12. The van der Waals surface area contributed by atoms with Gasteiger partial charge in [0.05, 0.1) is 24.9 Å². The Morgan fingerprint density at radius 1 is 0.857 bits per heavy atom. The number of nitrogens with one attached hydrogen (secondary N) is 3. The van der Waals surface area contributed by atoms with Crippen LogP contribution in [0.25, 0.3) is 11.3 Å². The van der Waals surface area contributed by atoms with Crippen LogP contribution in [0.1, 0.15) is 38.3 Å². The van der Waals surface area contributed by atoms with E-state index in [9.17, 15) is 24.6 Å². The number of methoxy groups -OCH3 is 1. The fourth-order valence-electron chi connectivity index (χ4n) is 4.73. The Bertz CT molecular complexity index is 1300. The number of pyridine rings is 1. The van der Waals surface area contributed by atoms with E-state index < -0.39 is 47.7 Å². The highest BCUT2D eigenvalue weighted by atomic mass is 16.5. The average Bonchev–Trinajstić information content (AvgIpc) is 2.95. The van der Waals surface area contributed by atoms with Crippen LogP contribution in [0.4, 0.5) is 9.59 Å². The first-order valence-electron chi connectivity index (χ1n) is 13.8. The van der Waals surface area contributed by atoms with E-state index in [-0.39, 0.29) is 12.8 Å². The number of ether oxygens (including phenoxy) is 1. The summed E-state index contributed by atoms with van der Waals surface area (Å²) in [7, 11) is 1.23. The molecular weight excluding hydrogens is 536 g/mol. The van der Waals surface area contributed by atoms with E-state index >= 15 is 0 Å². The van der Waals surface area contributed by atoms with E-state index in [0.717, 1.165) is 22.4 Å². The number of hydrogen-bond acceptors (Lipinski definition) is 6. The van der Waals surface area contributed by atoms with Crippen LogP contribution in [-0.4, -0.2) is 64.6 Å². The van der Waals surface area contributed by atoms with Crippen LogP contribution in [-0.2, 0) is 22.4 Å². The van der Waals surface area contributed by atoms with E-state index in [1.54, 1.807) is 6.20 Å². The topological polar surface area (TPSA) is 150 Å². The summed E-state index contributed by atoms with van der Waals surface area (Å²) < 4.78 is 4.72. The quantitative estimate of drug-likeness (QED) is 0.217. The van der Waals surface area contributed by atoms with Crippen LogP contribution in [0.2, 0.25) is 0 Å². The second-order valence-electron chi connectivity index (χ2n) is 11.3. The maximum atomic E-state index is 13.5. The number of hydrogen-bond donors (Lipinski definition) is 5. The van der Waals surface area contributed by atoms with Crippen molar-refractivity contribution in [3.05, 3.63) is 90.1 Å². The summed E-state index contributed by atoms with van der Waals surface area (Å²) in [6, 6.07) is 20.3. The van der Waals surface area contributed by atoms with Crippen molar-refractivity contribution >= 4 is 18.1 Å². The number of amides is 3. The van der Waals surface area contributed by atoms with Crippen molar-refractivity contribution < 1.29 is 29.3 Å². The molecule has 0 radical (unpaired) electrons. The highest BCUT2D eigenvalue weighted by Crippen LogP contribution is 2.22. The van der Waals surface area contributed by atoms with Gasteiger partial charge < -0.3 is 30.9 Å². The number of carboxylic acid groups (broad SMARTS) is 1. The summed E-state index contributed by atoms with van der Waals surface area (Å²) in [5, 5.41) is 28.8. The zero-order valence-electron chi connectivity index (χ0n) is 24.4. The standard InChI is InChI=1S/C32H40N4O6/c1-32(2,3)28(36-31(41)42-4)29(38)34-24(18-22-13-15-23(16-14-22)25-12-8-9-17-33-25)20-27(37)26(35-30(39)40)19-21-10-6-5-7-11-21/h5-17,24,26-28,35,37H,18-20H2,1-4H3,(H,34,38)(H,36,41)(H,39,40)/t24?,26-,27-,28+/m0/s1. The number of benzene rings is 2. The monoisotopic (exact) mass is 576 g/mol. The lowest BCUT2D eigenvalue weighted by molar-refractivity contribution is -0.126. The lowest BCUT2D eigenvalue weighted by Gasteiger charge is -2.33. The Kier molecular flexibility index (Phi) is 11.4. The molecule has 0 aliphatic carbocycles. The van der Waals surface area contributed by atoms with E-state index in [1.807, 2.05) is 93.6 Å². The molecule has 1 unspecified atom stereocenters. The highest BCUT2D eigenvalue weighted by Gasteiger charge is 2.35. The van der Waals surface area contributed by atoms with Crippen molar-refractivity contribution in [3.8, 4) is 11.3 Å². The van der Waals surface area contributed by atoms with Gasteiger partial charge in [-0.2, -0.15) is 0 Å². The third-order valence-corrected chi connectivity index (χ3v) is 6.92. The molecule has 0 spiro atoms. The van der Waals surface area contributed by atoms with Crippen LogP contribution in [0.5, 0.6) is 0 Å². The Morgan fingerprint density at radius 3 is 2.07 bits per heavy atom. The first-order valence-corrected chi connectivity index (χ1v) is 13.8. The van der Waals surface area contributed by atoms with Gasteiger partial charge in [0, 0.05) is 17.8 Å².